The summed E-state index contributed by atoms with van der Waals surface area (Å²) < 4.78 is 6.64. The second-order valence-electron chi connectivity index (χ2n) is 12.4. The van der Waals surface area contributed by atoms with E-state index in [1.807, 2.05) is 0 Å². The van der Waals surface area contributed by atoms with E-state index in [9.17, 15) is 10.2 Å². The van der Waals surface area contributed by atoms with Crippen LogP contribution in [-0.2, 0) is 4.74 Å². The van der Waals surface area contributed by atoms with Crippen LogP contribution in [0.25, 0.3) is 0 Å². The standard InChI is InChI=1S/C27H44O3/c1-16(15-28)5-8-23-17(2)25-24(30-23)14-22-20-7-6-18-13-19(29)9-11-26(18,3)21(20)10-12-27(22,25)4/h16,18-22,24-25,28-29H,5-15H2,1-4H3/t16-,18+,19-,20-,21+,22-,24+,25+,26+,27+/m1/s1. The lowest BCUT2D eigenvalue weighted by Gasteiger charge is -2.60. The molecule has 0 aromatic heterocycles. The first kappa shape index (κ1) is 21.3. The number of hydrogen-bond donors (Lipinski definition) is 2. The summed E-state index contributed by atoms with van der Waals surface area (Å²) in [6.07, 6.45) is 12.4. The van der Waals surface area contributed by atoms with Gasteiger partial charge < -0.3 is 14.9 Å². The summed E-state index contributed by atoms with van der Waals surface area (Å²) in [5.41, 5.74) is 2.39. The second kappa shape index (κ2) is 7.51. The Bertz CT molecular complexity index is 700. The zero-order valence-electron chi connectivity index (χ0n) is 19.7. The van der Waals surface area contributed by atoms with Crippen molar-refractivity contribution in [2.24, 2.45) is 46.3 Å². The van der Waals surface area contributed by atoms with Crippen molar-refractivity contribution in [2.75, 3.05) is 6.61 Å². The molecule has 3 nitrogen and oxygen atoms in total. The molecular formula is C27H44O3. The van der Waals surface area contributed by atoms with Gasteiger partial charge in [0.1, 0.15) is 6.10 Å². The fourth-order valence-corrected chi connectivity index (χ4v) is 9.29. The largest absolute Gasteiger partial charge is 0.494 e. The first-order chi connectivity index (χ1) is 14.3. The van der Waals surface area contributed by atoms with Gasteiger partial charge in [0, 0.05) is 18.9 Å². The number of fused-ring (bicyclic) bond motifs is 7. The van der Waals surface area contributed by atoms with E-state index in [2.05, 4.69) is 27.7 Å². The Kier molecular flexibility index (Phi) is 5.33. The van der Waals surface area contributed by atoms with E-state index in [1.54, 1.807) is 0 Å². The van der Waals surface area contributed by atoms with Gasteiger partial charge in [0.15, 0.2) is 0 Å². The minimum atomic E-state index is -0.0486. The van der Waals surface area contributed by atoms with Gasteiger partial charge in [-0.15, -0.1) is 0 Å². The lowest BCUT2D eigenvalue weighted by Crippen LogP contribution is -2.54. The monoisotopic (exact) mass is 416 g/mol. The normalized spacial score (nSPS) is 50.9. The van der Waals surface area contributed by atoms with Crippen LogP contribution in [0.2, 0.25) is 0 Å². The zero-order valence-corrected chi connectivity index (χ0v) is 19.7. The Hall–Kier alpha value is -0.540. The van der Waals surface area contributed by atoms with E-state index in [0.29, 0.717) is 28.8 Å². The number of hydrogen-bond acceptors (Lipinski definition) is 3. The zero-order chi connectivity index (χ0) is 21.3. The maximum Gasteiger partial charge on any atom is 0.106 e. The predicted molar refractivity (Wildman–Crippen MR) is 120 cm³/mol. The molecular weight excluding hydrogens is 372 g/mol. The number of aliphatic hydroxyl groups excluding tert-OH is 2. The minimum absolute atomic E-state index is 0.0486. The quantitative estimate of drug-likeness (QED) is 0.618. The van der Waals surface area contributed by atoms with Crippen molar-refractivity contribution < 1.29 is 14.9 Å². The highest BCUT2D eigenvalue weighted by Crippen LogP contribution is 2.69. The molecule has 0 radical (unpaired) electrons. The van der Waals surface area contributed by atoms with Crippen LogP contribution in [0.3, 0.4) is 0 Å². The Balaban J connectivity index is 1.36. The molecule has 4 saturated carbocycles. The molecule has 170 valence electrons. The van der Waals surface area contributed by atoms with Crippen LogP contribution in [0.15, 0.2) is 11.3 Å². The second-order valence-corrected chi connectivity index (χ2v) is 12.4. The van der Waals surface area contributed by atoms with Gasteiger partial charge in [-0.3, -0.25) is 0 Å². The lowest BCUT2D eigenvalue weighted by atomic mass is 9.44. The van der Waals surface area contributed by atoms with Gasteiger partial charge in [-0.2, -0.15) is 0 Å². The van der Waals surface area contributed by atoms with Crippen LogP contribution in [0.4, 0.5) is 0 Å². The topological polar surface area (TPSA) is 49.7 Å². The van der Waals surface area contributed by atoms with Crippen LogP contribution in [0.5, 0.6) is 0 Å². The summed E-state index contributed by atoms with van der Waals surface area (Å²) in [7, 11) is 0. The van der Waals surface area contributed by atoms with Crippen molar-refractivity contribution in [1.29, 1.82) is 0 Å². The molecule has 1 heterocycles. The van der Waals surface area contributed by atoms with Gasteiger partial charge in [-0.05, 0) is 111 Å². The van der Waals surface area contributed by atoms with Gasteiger partial charge in [0.2, 0.25) is 0 Å². The Morgan fingerprint density at radius 1 is 1.03 bits per heavy atom. The van der Waals surface area contributed by atoms with E-state index < -0.39 is 0 Å². The number of rotatable bonds is 4. The van der Waals surface area contributed by atoms with Crippen molar-refractivity contribution in [2.45, 2.75) is 104 Å². The van der Waals surface area contributed by atoms with Crippen LogP contribution >= 0.6 is 0 Å². The molecule has 0 spiro atoms. The van der Waals surface area contributed by atoms with Crippen molar-refractivity contribution in [1.82, 2.24) is 0 Å². The van der Waals surface area contributed by atoms with Gasteiger partial charge in [-0.25, -0.2) is 0 Å². The van der Waals surface area contributed by atoms with Crippen molar-refractivity contribution in [3.63, 3.8) is 0 Å². The molecule has 0 aromatic carbocycles. The molecule has 4 fully saturated rings. The molecule has 0 aromatic rings. The summed E-state index contributed by atoms with van der Waals surface area (Å²) in [5.74, 6) is 5.49. The molecule has 0 bridgehead atoms. The average molecular weight is 417 g/mol. The molecule has 10 atom stereocenters. The fraction of sp³-hybridized carbons (Fsp3) is 0.926. The van der Waals surface area contributed by atoms with Crippen molar-refractivity contribution in [3.8, 4) is 0 Å². The first-order valence-electron chi connectivity index (χ1n) is 12.9. The minimum Gasteiger partial charge on any atom is -0.494 e. The Labute approximate surface area is 183 Å². The summed E-state index contributed by atoms with van der Waals surface area (Å²) in [6.45, 7) is 9.94. The van der Waals surface area contributed by atoms with Gasteiger partial charge in [0.05, 0.1) is 11.9 Å². The van der Waals surface area contributed by atoms with Crippen molar-refractivity contribution >= 4 is 0 Å². The fourth-order valence-electron chi connectivity index (χ4n) is 9.29. The molecule has 1 aliphatic heterocycles. The molecule has 4 aliphatic carbocycles. The summed E-state index contributed by atoms with van der Waals surface area (Å²) in [5, 5.41) is 19.7. The summed E-state index contributed by atoms with van der Waals surface area (Å²) in [4.78, 5) is 0. The summed E-state index contributed by atoms with van der Waals surface area (Å²) in [6, 6.07) is 0. The number of aliphatic hydroxyl groups is 2. The third-order valence-corrected chi connectivity index (χ3v) is 11.0. The molecule has 2 N–H and O–H groups in total. The molecule has 5 aliphatic rings. The summed E-state index contributed by atoms with van der Waals surface area (Å²) >= 11 is 0. The molecule has 3 heteroatoms. The Morgan fingerprint density at radius 3 is 2.57 bits per heavy atom. The van der Waals surface area contributed by atoms with E-state index in [-0.39, 0.29) is 12.7 Å². The number of ether oxygens (including phenoxy) is 1. The van der Waals surface area contributed by atoms with Gasteiger partial charge in [0.25, 0.3) is 0 Å². The third kappa shape index (κ3) is 3.04. The molecule has 0 saturated heterocycles. The SMILES string of the molecule is CC1=C(CC[C@@H](C)CO)O[C@H]2C[C@@H]3[C@@H]4CC[C@H]5C[C@H](O)CC[C@]5(C)[C@H]4CC[C@]3(C)[C@@H]12. The number of allylic oxidation sites excluding steroid dienone is 1. The van der Waals surface area contributed by atoms with Gasteiger partial charge >= 0.3 is 0 Å². The molecule has 30 heavy (non-hydrogen) atoms. The van der Waals surface area contributed by atoms with E-state index in [0.717, 1.165) is 49.4 Å². The first-order valence-corrected chi connectivity index (χ1v) is 12.9. The van der Waals surface area contributed by atoms with Crippen LogP contribution in [-0.4, -0.2) is 29.0 Å². The van der Waals surface area contributed by atoms with Crippen LogP contribution in [0.1, 0.15) is 91.9 Å². The highest BCUT2D eigenvalue weighted by Gasteiger charge is 2.64. The predicted octanol–water partition coefficient (Wildman–Crippen LogP) is 5.70. The third-order valence-electron chi connectivity index (χ3n) is 11.0. The lowest BCUT2D eigenvalue weighted by molar-refractivity contribution is -0.124. The van der Waals surface area contributed by atoms with E-state index in [4.69, 9.17) is 4.74 Å². The molecule has 0 amide bonds. The Morgan fingerprint density at radius 2 is 1.80 bits per heavy atom. The average Bonchev–Trinajstić information content (AvgIpc) is 3.20. The van der Waals surface area contributed by atoms with Gasteiger partial charge in [-0.1, -0.05) is 20.8 Å². The van der Waals surface area contributed by atoms with E-state index >= 15 is 0 Å². The highest BCUT2D eigenvalue weighted by molar-refractivity contribution is 5.26. The smallest absolute Gasteiger partial charge is 0.106 e. The molecule has 0 unspecified atom stereocenters. The van der Waals surface area contributed by atoms with E-state index in [1.165, 1.54) is 49.9 Å². The van der Waals surface area contributed by atoms with Crippen LogP contribution in [0, 0.1) is 46.3 Å². The van der Waals surface area contributed by atoms with Crippen LogP contribution < -0.4 is 0 Å². The maximum atomic E-state index is 10.3. The highest BCUT2D eigenvalue weighted by atomic mass is 16.5. The maximum absolute atomic E-state index is 10.3. The van der Waals surface area contributed by atoms with Crippen molar-refractivity contribution in [3.05, 3.63) is 11.3 Å². The molecule has 5 rings (SSSR count).